The second kappa shape index (κ2) is 7.13. The van der Waals surface area contributed by atoms with Gasteiger partial charge in [0, 0.05) is 12.0 Å². The maximum Gasteiger partial charge on any atom is 0.416 e. The topological polar surface area (TPSA) is 30.7 Å². The van der Waals surface area contributed by atoms with Gasteiger partial charge in [0.25, 0.3) is 0 Å². The number of alkyl halides is 3. The van der Waals surface area contributed by atoms with Crippen LogP contribution >= 0.6 is 0 Å². The molecule has 1 heterocycles. The van der Waals surface area contributed by atoms with Gasteiger partial charge in [-0.2, -0.15) is 13.2 Å². The van der Waals surface area contributed by atoms with E-state index in [1.807, 2.05) is 0 Å². The van der Waals surface area contributed by atoms with Crippen LogP contribution in [0.15, 0.2) is 24.3 Å². The lowest BCUT2D eigenvalue weighted by molar-refractivity contribution is -0.935. The Morgan fingerprint density at radius 3 is 2.55 bits per heavy atom. The van der Waals surface area contributed by atoms with E-state index < -0.39 is 11.7 Å². The number of nitrogens with one attached hydrogen (secondary N) is 1. The van der Waals surface area contributed by atoms with E-state index in [0.29, 0.717) is 13.2 Å². The first-order valence-electron chi connectivity index (χ1n) is 7.59. The standard InChI is InChI=1S/C16H20F3NO2/c1-2-22-15(21)14-5-3-4-10-20(14)11-12-6-8-13(9-7-12)16(17,18)19/h6-9,14H,2-5,10-11H2,1H3/p+1/t14-/m0/s1. The minimum absolute atomic E-state index is 0.205. The summed E-state index contributed by atoms with van der Waals surface area (Å²) in [5.74, 6) is -0.205. The number of esters is 1. The molecule has 1 unspecified atom stereocenters. The molecule has 1 aromatic rings. The molecule has 0 spiro atoms. The number of piperidine rings is 1. The lowest BCUT2D eigenvalue weighted by atomic mass is 10.0. The zero-order valence-corrected chi connectivity index (χ0v) is 12.6. The maximum absolute atomic E-state index is 12.6. The molecule has 1 saturated heterocycles. The Kier molecular flexibility index (Phi) is 5.45. The van der Waals surface area contributed by atoms with Crippen LogP contribution in [0.1, 0.15) is 37.3 Å². The Balaban J connectivity index is 2.05. The van der Waals surface area contributed by atoms with E-state index in [0.717, 1.165) is 48.4 Å². The number of rotatable bonds is 4. The van der Waals surface area contributed by atoms with Crippen molar-refractivity contribution in [1.82, 2.24) is 0 Å². The van der Waals surface area contributed by atoms with Crippen LogP contribution in [0.25, 0.3) is 0 Å². The molecule has 0 aromatic heterocycles. The molecule has 1 fully saturated rings. The quantitative estimate of drug-likeness (QED) is 0.864. The number of ether oxygens (including phenoxy) is 1. The van der Waals surface area contributed by atoms with Crippen molar-refractivity contribution in [1.29, 1.82) is 0 Å². The van der Waals surface area contributed by atoms with E-state index in [1.54, 1.807) is 6.92 Å². The molecule has 2 atom stereocenters. The Labute approximate surface area is 128 Å². The van der Waals surface area contributed by atoms with E-state index >= 15 is 0 Å². The largest absolute Gasteiger partial charge is 0.462 e. The van der Waals surface area contributed by atoms with Gasteiger partial charge in [-0.1, -0.05) is 12.1 Å². The van der Waals surface area contributed by atoms with Crippen LogP contribution in [-0.4, -0.2) is 25.2 Å². The second-order valence-electron chi connectivity index (χ2n) is 5.58. The van der Waals surface area contributed by atoms with Crippen LogP contribution in [0.2, 0.25) is 0 Å². The van der Waals surface area contributed by atoms with Crippen LogP contribution in [0, 0.1) is 0 Å². The van der Waals surface area contributed by atoms with Gasteiger partial charge in [-0.3, -0.25) is 0 Å². The Morgan fingerprint density at radius 1 is 1.27 bits per heavy atom. The summed E-state index contributed by atoms with van der Waals surface area (Å²) in [6, 6.07) is 4.96. The van der Waals surface area contributed by atoms with Gasteiger partial charge in [-0.25, -0.2) is 4.79 Å². The van der Waals surface area contributed by atoms with Crippen molar-refractivity contribution in [2.45, 2.75) is 44.9 Å². The molecule has 6 heteroatoms. The molecule has 0 saturated carbocycles. The van der Waals surface area contributed by atoms with Gasteiger partial charge in [0.15, 0.2) is 6.04 Å². The van der Waals surface area contributed by atoms with Crippen LogP contribution in [-0.2, 0) is 22.3 Å². The third-order valence-electron chi connectivity index (χ3n) is 4.02. The van der Waals surface area contributed by atoms with Crippen molar-refractivity contribution in [3.63, 3.8) is 0 Å². The SMILES string of the molecule is CCOC(=O)[C@@H]1CCCC[NH+]1Cc1ccc(C(F)(F)F)cc1. The van der Waals surface area contributed by atoms with Gasteiger partial charge < -0.3 is 9.64 Å². The number of halogens is 3. The highest BCUT2D eigenvalue weighted by atomic mass is 19.4. The Bertz CT molecular complexity index is 499. The van der Waals surface area contributed by atoms with Crippen LogP contribution < -0.4 is 4.90 Å². The normalized spacial score (nSPS) is 22.4. The third kappa shape index (κ3) is 4.22. The first-order chi connectivity index (χ1) is 10.4. The smallest absolute Gasteiger partial charge is 0.416 e. The molecule has 2 rings (SSSR count). The van der Waals surface area contributed by atoms with Gasteiger partial charge in [0.1, 0.15) is 6.54 Å². The van der Waals surface area contributed by atoms with Crippen molar-refractivity contribution in [2.24, 2.45) is 0 Å². The molecule has 22 heavy (non-hydrogen) atoms. The molecule has 1 N–H and O–H groups in total. The van der Waals surface area contributed by atoms with E-state index in [1.165, 1.54) is 12.1 Å². The minimum Gasteiger partial charge on any atom is -0.462 e. The van der Waals surface area contributed by atoms with Crippen molar-refractivity contribution in [3.05, 3.63) is 35.4 Å². The number of carbonyl (C=O) groups is 1. The van der Waals surface area contributed by atoms with Crippen molar-refractivity contribution in [3.8, 4) is 0 Å². The number of quaternary nitrogens is 1. The van der Waals surface area contributed by atoms with Crippen LogP contribution in [0.4, 0.5) is 13.2 Å². The molecule has 1 aliphatic rings. The summed E-state index contributed by atoms with van der Waals surface area (Å²) in [7, 11) is 0. The number of carbonyl (C=O) groups excluding carboxylic acids is 1. The minimum atomic E-state index is -4.32. The average molecular weight is 316 g/mol. The molecule has 1 aliphatic heterocycles. The zero-order valence-electron chi connectivity index (χ0n) is 12.6. The van der Waals surface area contributed by atoms with Crippen molar-refractivity contribution >= 4 is 5.97 Å². The van der Waals surface area contributed by atoms with E-state index in [9.17, 15) is 18.0 Å². The first kappa shape index (κ1) is 16.8. The van der Waals surface area contributed by atoms with Gasteiger partial charge in [0.2, 0.25) is 0 Å². The highest BCUT2D eigenvalue weighted by Crippen LogP contribution is 2.29. The summed E-state index contributed by atoms with van der Waals surface area (Å²) >= 11 is 0. The lowest BCUT2D eigenvalue weighted by Gasteiger charge is -2.31. The summed E-state index contributed by atoms with van der Waals surface area (Å²) in [6.45, 7) is 3.51. The summed E-state index contributed by atoms with van der Waals surface area (Å²) in [5, 5.41) is 0. The molecular weight excluding hydrogens is 295 g/mol. The average Bonchev–Trinajstić information content (AvgIpc) is 2.47. The summed E-state index contributed by atoms with van der Waals surface area (Å²) in [4.78, 5) is 13.1. The lowest BCUT2D eigenvalue weighted by Crippen LogP contribution is -3.16. The number of hydrogen-bond acceptors (Lipinski definition) is 2. The second-order valence-corrected chi connectivity index (χ2v) is 5.58. The predicted molar refractivity (Wildman–Crippen MR) is 75.2 cm³/mol. The molecule has 0 amide bonds. The van der Waals surface area contributed by atoms with Gasteiger partial charge in [0.05, 0.1) is 18.7 Å². The van der Waals surface area contributed by atoms with Gasteiger partial charge in [-0.05, 0) is 31.9 Å². The summed E-state index contributed by atoms with van der Waals surface area (Å²) < 4.78 is 42.8. The van der Waals surface area contributed by atoms with E-state index in [4.69, 9.17) is 4.74 Å². The van der Waals surface area contributed by atoms with Crippen molar-refractivity contribution in [2.75, 3.05) is 13.2 Å². The molecule has 0 aliphatic carbocycles. The Hall–Kier alpha value is -1.56. The molecule has 122 valence electrons. The number of benzene rings is 1. The summed E-state index contributed by atoms with van der Waals surface area (Å²) in [5.41, 5.74) is 0.158. The fourth-order valence-corrected chi connectivity index (χ4v) is 2.89. The fraction of sp³-hybridized carbons (Fsp3) is 0.562. The van der Waals surface area contributed by atoms with E-state index in [-0.39, 0.29) is 12.0 Å². The van der Waals surface area contributed by atoms with Gasteiger partial charge >= 0.3 is 12.1 Å². The first-order valence-corrected chi connectivity index (χ1v) is 7.59. The van der Waals surface area contributed by atoms with Gasteiger partial charge in [-0.15, -0.1) is 0 Å². The fourth-order valence-electron chi connectivity index (χ4n) is 2.89. The van der Waals surface area contributed by atoms with E-state index in [2.05, 4.69) is 0 Å². The predicted octanol–water partition coefficient (Wildman–Crippen LogP) is 2.21. The van der Waals surface area contributed by atoms with Crippen LogP contribution in [0.5, 0.6) is 0 Å². The zero-order chi connectivity index (χ0) is 16.2. The number of likely N-dealkylation sites (tertiary alicyclic amines) is 1. The highest BCUT2D eigenvalue weighted by Gasteiger charge is 2.34. The summed E-state index contributed by atoms with van der Waals surface area (Å²) in [6.07, 6.45) is -1.54. The monoisotopic (exact) mass is 316 g/mol. The third-order valence-corrected chi connectivity index (χ3v) is 4.02. The molecule has 3 nitrogen and oxygen atoms in total. The van der Waals surface area contributed by atoms with Crippen molar-refractivity contribution < 1.29 is 27.6 Å². The Morgan fingerprint density at radius 2 is 1.95 bits per heavy atom. The molecule has 1 aromatic carbocycles. The molecule has 0 radical (unpaired) electrons. The molecule has 0 bridgehead atoms. The molecular formula is C16H21F3NO2+. The van der Waals surface area contributed by atoms with Crippen LogP contribution in [0.3, 0.4) is 0 Å². The maximum atomic E-state index is 12.6. The number of hydrogen-bond donors (Lipinski definition) is 1. The highest BCUT2D eigenvalue weighted by molar-refractivity contribution is 5.74.